The summed E-state index contributed by atoms with van der Waals surface area (Å²) in [6.07, 6.45) is 0. The summed E-state index contributed by atoms with van der Waals surface area (Å²) < 4.78 is 31.6. The quantitative estimate of drug-likeness (QED) is 0.398. The van der Waals surface area contributed by atoms with Crippen molar-refractivity contribution in [1.82, 2.24) is 4.72 Å². The fourth-order valence-corrected chi connectivity index (χ4v) is 2.97. The van der Waals surface area contributed by atoms with Crippen LogP contribution in [0.2, 0.25) is 0 Å². The van der Waals surface area contributed by atoms with Crippen molar-refractivity contribution < 1.29 is 13.2 Å². The van der Waals surface area contributed by atoms with E-state index in [2.05, 4.69) is 15.0 Å². The van der Waals surface area contributed by atoms with Gasteiger partial charge < -0.3 is 15.8 Å². The molecule has 0 spiro atoms. The average Bonchev–Trinajstić information content (AvgIpc) is 2.60. The van der Waals surface area contributed by atoms with Gasteiger partial charge in [0, 0.05) is 18.3 Å². The van der Waals surface area contributed by atoms with Crippen molar-refractivity contribution in [3.63, 3.8) is 0 Å². The molecule has 0 fully saturated rings. The summed E-state index contributed by atoms with van der Waals surface area (Å²) in [5, 5.41) is 2.92. The Bertz CT molecular complexity index is 792. The van der Waals surface area contributed by atoms with E-state index in [9.17, 15) is 8.42 Å². The highest BCUT2D eigenvalue weighted by molar-refractivity contribution is 7.89. The fraction of sp³-hybridized carbons (Fsp3) is 0.188. The van der Waals surface area contributed by atoms with Gasteiger partial charge in [-0.3, -0.25) is 4.99 Å². The molecule has 0 heterocycles. The van der Waals surface area contributed by atoms with Crippen LogP contribution in [0.4, 0.5) is 5.69 Å². The second-order valence-corrected chi connectivity index (χ2v) is 6.60. The third-order valence-corrected chi connectivity index (χ3v) is 4.56. The van der Waals surface area contributed by atoms with Crippen LogP contribution >= 0.6 is 0 Å². The number of nitrogens with one attached hydrogen (secondary N) is 2. The summed E-state index contributed by atoms with van der Waals surface area (Å²) in [5.41, 5.74) is 6.52. The fourth-order valence-electron chi connectivity index (χ4n) is 1.93. The Morgan fingerprint density at radius 3 is 2.62 bits per heavy atom. The smallest absolute Gasteiger partial charge is 0.240 e. The molecule has 0 unspecified atom stereocenters. The molecule has 2 rings (SSSR count). The lowest BCUT2D eigenvalue weighted by molar-refractivity contribution is 0.415. The number of sulfonamides is 1. The summed E-state index contributed by atoms with van der Waals surface area (Å²) in [7, 11) is -1.94. The number of hydrogen-bond donors (Lipinski definition) is 3. The van der Waals surface area contributed by atoms with Gasteiger partial charge in [-0.1, -0.05) is 24.3 Å². The van der Waals surface area contributed by atoms with Crippen LogP contribution in [0.5, 0.6) is 5.75 Å². The lowest BCUT2D eigenvalue weighted by Crippen LogP contribution is -2.28. The minimum atomic E-state index is -3.52. The lowest BCUT2D eigenvalue weighted by atomic mass is 10.3. The van der Waals surface area contributed by atoms with Crippen LogP contribution in [0.3, 0.4) is 0 Å². The van der Waals surface area contributed by atoms with Gasteiger partial charge in [0.1, 0.15) is 5.75 Å². The lowest BCUT2D eigenvalue weighted by Gasteiger charge is -2.08. The van der Waals surface area contributed by atoms with Gasteiger partial charge in [-0.05, 0) is 24.3 Å². The van der Waals surface area contributed by atoms with Crippen molar-refractivity contribution in [2.24, 2.45) is 10.7 Å². The van der Waals surface area contributed by atoms with Crippen molar-refractivity contribution in [3.05, 3.63) is 54.6 Å². The normalized spacial score (nSPS) is 12.0. The second-order valence-electron chi connectivity index (χ2n) is 4.83. The van der Waals surface area contributed by atoms with E-state index >= 15 is 0 Å². The average molecular weight is 348 g/mol. The van der Waals surface area contributed by atoms with Gasteiger partial charge in [0.25, 0.3) is 0 Å². The molecule has 0 bridgehead atoms. The largest absolute Gasteiger partial charge is 0.497 e. The molecule has 2 aromatic rings. The van der Waals surface area contributed by atoms with Gasteiger partial charge in [-0.25, -0.2) is 13.1 Å². The zero-order valence-electron chi connectivity index (χ0n) is 13.3. The predicted octanol–water partition coefficient (Wildman–Crippen LogP) is 1.40. The molecule has 7 nitrogen and oxygen atoms in total. The second kappa shape index (κ2) is 8.32. The first kappa shape index (κ1) is 17.8. The van der Waals surface area contributed by atoms with Crippen molar-refractivity contribution in [1.29, 1.82) is 0 Å². The number of rotatable bonds is 7. The first-order chi connectivity index (χ1) is 11.5. The molecular weight excluding hydrogens is 328 g/mol. The molecule has 0 saturated heterocycles. The first-order valence-corrected chi connectivity index (χ1v) is 8.75. The zero-order chi connectivity index (χ0) is 17.4. The van der Waals surface area contributed by atoms with E-state index in [0.717, 1.165) is 5.69 Å². The number of ether oxygens (including phenoxy) is 1. The zero-order valence-corrected chi connectivity index (χ0v) is 14.1. The molecule has 24 heavy (non-hydrogen) atoms. The Kier molecular flexibility index (Phi) is 6.16. The molecule has 8 heteroatoms. The first-order valence-electron chi connectivity index (χ1n) is 7.27. The summed E-state index contributed by atoms with van der Waals surface area (Å²) in [4.78, 5) is 4.31. The van der Waals surface area contributed by atoms with E-state index in [0.29, 0.717) is 5.75 Å². The van der Waals surface area contributed by atoms with Crippen LogP contribution in [0, 0.1) is 0 Å². The van der Waals surface area contributed by atoms with Gasteiger partial charge >= 0.3 is 0 Å². The molecule has 4 N–H and O–H groups in total. The molecule has 0 aliphatic rings. The number of methoxy groups -OCH3 is 1. The van der Waals surface area contributed by atoms with Crippen molar-refractivity contribution in [3.8, 4) is 5.75 Å². The number of nitrogens with zero attached hydrogens (tertiary/aromatic N) is 1. The minimum Gasteiger partial charge on any atom is -0.497 e. The molecule has 128 valence electrons. The Balaban J connectivity index is 1.85. The van der Waals surface area contributed by atoms with Crippen molar-refractivity contribution >= 4 is 21.7 Å². The maximum atomic E-state index is 12.0. The summed E-state index contributed by atoms with van der Waals surface area (Å²) in [6, 6.07) is 15.4. The van der Waals surface area contributed by atoms with Gasteiger partial charge in [0.2, 0.25) is 10.0 Å². The standard InChI is InChI=1S/C16H20N4O3S/c1-23-14-7-5-6-13(12-14)20-16(17)18-10-11-19-24(21,22)15-8-3-2-4-9-15/h2-9,12,19H,10-11H2,1H3,(H3,17,18,20). The van der Waals surface area contributed by atoms with Gasteiger partial charge in [-0.2, -0.15) is 0 Å². The molecule has 0 aromatic heterocycles. The maximum Gasteiger partial charge on any atom is 0.240 e. The van der Waals surface area contributed by atoms with E-state index < -0.39 is 10.0 Å². The number of nitrogens with two attached hydrogens (primary N) is 1. The number of benzene rings is 2. The van der Waals surface area contributed by atoms with E-state index in [-0.39, 0.29) is 23.9 Å². The summed E-state index contributed by atoms with van der Waals surface area (Å²) in [5.74, 6) is 0.894. The molecule has 0 atom stereocenters. The van der Waals surface area contributed by atoms with Crippen molar-refractivity contribution in [2.75, 3.05) is 25.5 Å². The van der Waals surface area contributed by atoms with Gasteiger partial charge in [0.05, 0.1) is 18.6 Å². The summed E-state index contributed by atoms with van der Waals surface area (Å²) >= 11 is 0. The monoisotopic (exact) mass is 348 g/mol. The van der Waals surface area contributed by atoms with Crippen LogP contribution in [-0.2, 0) is 10.0 Å². The highest BCUT2D eigenvalue weighted by atomic mass is 32.2. The Hall–Kier alpha value is -2.58. The molecule has 0 saturated carbocycles. The highest BCUT2D eigenvalue weighted by Gasteiger charge is 2.11. The number of anilines is 1. The maximum absolute atomic E-state index is 12.0. The van der Waals surface area contributed by atoms with E-state index in [4.69, 9.17) is 10.5 Å². The molecular formula is C16H20N4O3S. The highest BCUT2D eigenvalue weighted by Crippen LogP contribution is 2.16. The number of hydrogen-bond acceptors (Lipinski definition) is 4. The topological polar surface area (TPSA) is 106 Å². The molecule has 0 radical (unpaired) electrons. The predicted molar refractivity (Wildman–Crippen MR) is 94.7 cm³/mol. The number of aliphatic imine (C=N–C) groups is 1. The Labute approximate surface area is 141 Å². The van der Waals surface area contributed by atoms with Crippen LogP contribution in [0.25, 0.3) is 0 Å². The van der Waals surface area contributed by atoms with Crippen molar-refractivity contribution in [2.45, 2.75) is 4.90 Å². The van der Waals surface area contributed by atoms with Gasteiger partial charge in [0.15, 0.2) is 5.96 Å². The number of guanidine groups is 1. The van der Waals surface area contributed by atoms with E-state index in [1.165, 1.54) is 12.1 Å². The molecule has 0 aliphatic heterocycles. The van der Waals surface area contributed by atoms with E-state index in [1.54, 1.807) is 31.4 Å². The van der Waals surface area contributed by atoms with Crippen LogP contribution < -0.4 is 20.5 Å². The minimum absolute atomic E-state index is 0.151. The van der Waals surface area contributed by atoms with Crippen LogP contribution in [-0.4, -0.2) is 34.6 Å². The summed E-state index contributed by atoms with van der Waals surface area (Å²) in [6.45, 7) is 0.368. The third kappa shape index (κ3) is 5.25. The van der Waals surface area contributed by atoms with E-state index in [1.807, 2.05) is 18.2 Å². The van der Waals surface area contributed by atoms with Crippen LogP contribution in [0.1, 0.15) is 0 Å². The van der Waals surface area contributed by atoms with Crippen LogP contribution in [0.15, 0.2) is 64.5 Å². The SMILES string of the molecule is COc1cccc(NC(N)=NCCNS(=O)(=O)c2ccccc2)c1. The third-order valence-electron chi connectivity index (χ3n) is 3.08. The Morgan fingerprint density at radius 2 is 1.92 bits per heavy atom. The molecule has 2 aromatic carbocycles. The molecule has 0 aliphatic carbocycles. The van der Waals surface area contributed by atoms with Gasteiger partial charge in [-0.15, -0.1) is 0 Å². The Morgan fingerprint density at radius 1 is 1.17 bits per heavy atom. The molecule has 0 amide bonds.